The number of anilines is 1. The van der Waals surface area contributed by atoms with E-state index in [0.29, 0.717) is 22.8 Å². The Kier molecular flexibility index (Phi) is 6.18. The summed E-state index contributed by atoms with van der Waals surface area (Å²) in [7, 11) is 3.16. The fraction of sp³-hybridized carbons (Fsp3) is 0.148. The van der Waals surface area contributed by atoms with E-state index in [2.05, 4.69) is 5.32 Å². The van der Waals surface area contributed by atoms with Crippen molar-refractivity contribution >= 4 is 28.1 Å². The number of hydrogen-bond donors (Lipinski definition) is 1. The lowest BCUT2D eigenvalue weighted by Crippen LogP contribution is -2.08. The fourth-order valence-corrected chi connectivity index (χ4v) is 3.88. The monoisotopic (exact) mass is 445 g/mol. The Hall–Kier alpha value is -4.06. The molecule has 0 fully saturated rings. The number of benzene rings is 3. The normalized spacial score (nSPS) is 11.5. The maximum absolute atomic E-state index is 13.4. The Bertz CT molecular complexity index is 1350. The van der Waals surface area contributed by atoms with Gasteiger partial charge in [-0.1, -0.05) is 18.2 Å². The van der Waals surface area contributed by atoms with Gasteiger partial charge in [0.15, 0.2) is 0 Å². The molecule has 1 N–H and O–H groups in total. The average Bonchev–Trinajstić information content (AvgIpc) is 3.24. The highest BCUT2D eigenvalue weighted by Gasteiger charge is 2.19. The van der Waals surface area contributed by atoms with Crippen molar-refractivity contribution in [3.05, 3.63) is 83.9 Å². The minimum Gasteiger partial charge on any atom is -0.497 e. The van der Waals surface area contributed by atoms with Crippen LogP contribution in [0.4, 0.5) is 10.1 Å². The number of carbonyl (C=O) groups excluding carboxylic acids is 1. The first-order chi connectivity index (χ1) is 15.9. The zero-order valence-corrected chi connectivity index (χ0v) is 18.9. The molecule has 0 saturated carbocycles. The Morgan fingerprint density at radius 2 is 1.82 bits per heavy atom. The fourth-order valence-electron chi connectivity index (χ4n) is 3.88. The number of halogens is 1. The third kappa shape index (κ3) is 4.46. The molecular weight excluding hydrogens is 421 g/mol. The Balaban J connectivity index is 1.74. The first-order valence-electron chi connectivity index (χ1n) is 10.4. The van der Waals surface area contributed by atoms with Crippen LogP contribution < -0.4 is 14.8 Å². The molecule has 1 aromatic heterocycles. The molecule has 0 spiro atoms. The maximum Gasteiger partial charge on any atom is 0.248 e. The molecule has 3 aromatic carbocycles. The van der Waals surface area contributed by atoms with Crippen molar-refractivity contribution in [1.29, 1.82) is 0 Å². The Morgan fingerprint density at radius 1 is 1.06 bits per heavy atom. The summed E-state index contributed by atoms with van der Waals surface area (Å²) < 4.78 is 30.1. The number of allylic oxidation sites excluding steroid dienone is 1. The van der Waals surface area contributed by atoms with Crippen molar-refractivity contribution < 1.29 is 23.1 Å². The molecule has 0 radical (unpaired) electrons. The molecule has 5 nitrogen and oxygen atoms in total. The second-order valence-corrected chi connectivity index (χ2v) is 7.66. The lowest BCUT2D eigenvalue weighted by Gasteiger charge is -2.13. The summed E-state index contributed by atoms with van der Waals surface area (Å²) >= 11 is 0. The molecule has 0 atom stereocenters. The Morgan fingerprint density at radius 3 is 2.52 bits per heavy atom. The van der Waals surface area contributed by atoms with Crippen molar-refractivity contribution in [3.63, 3.8) is 0 Å². The number of aryl methyl sites for hydroxylation is 1. The van der Waals surface area contributed by atoms with Crippen molar-refractivity contribution in [3.8, 4) is 22.6 Å². The largest absolute Gasteiger partial charge is 0.497 e. The molecule has 0 aliphatic carbocycles. The second-order valence-electron chi connectivity index (χ2n) is 7.66. The molecule has 0 aliphatic rings. The average molecular weight is 445 g/mol. The van der Waals surface area contributed by atoms with E-state index in [4.69, 9.17) is 13.9 Å². The van der Waals surface area contributed by atoms with Gasteiger partial charge < -0.3 is 19.2 Å². The molecule has 168 valence electrons. The number of rotatable bonds is 6. The van der Waals surface area contributed by atoms with E-state index >= 15 is 0 Å². The molecule has 4 aromatic rings. The minimum absolute atomic E-state index is 0.272. The van der Waals surface area contributed by atoms with Crippen LogP contribution in [0.3, 0.4) is 0 Å². The summed E-state index contributed by atoms with van der Waals surface area (Å²) in [5, 5.41) is 3.71. The van der Waals surface area contributed by atoms with Gasteiger partial charge in [0.25, 0.3) is 0 Å². The summed E-state index contributed by atoms with van der Waals surface area (Å²) in [6.45, 7) is 3.76. The molecule has 1 amide bonds. The van der Waals surface area contributed by atoms with Crippen LogP contribution in [0.1, 0.15) is 18.1 Å². The van der Waals surface area contributed by atoms with E-state index in [1.807, 2.05) is 26.0 Å². The number of hydrogen-bond acceptors (Lipinski definition) is 4. The van der Waals surface area contributed by atoms with E-state index in [9.17, 15) is 9.18 Å². The number of carbonyl (C=O) groups is 1. The van der Waals surface area contributed by atoms with E-state index in [-0.39, 0.29) is 11.7 Å². The zero-order valence-electron chi connectivity index (χ0n) is 18.9. The van der Waals surface area contributed by atoms with Crippen LogP contribution in [0, 0.1) is 12.7 Å². The van der Waals surface area contributed by atoms with Crippen molar-refractivity contribution in [2.75, 3.05) is 19.5 Å². The molecule has 0 bridgehead atoms. The Labute approximate surface area is 191 Å². The van der Waals surface area contributed by atoms with E-state index in [1.165, 1.54) is 18.2 Å². The number of ether oxygens (including phenoxy) is 2. The van der Waals surface area contributed by atoms with Gasteiger partial charge in [-0.25, -0.2) is 4.39 Å². The predicted octanol–water partition coefficient (Wildman–Crippen LogP) is 6.61. The first kappa shape index (κ1) is 22.1. The number of nitrogens with one attached hydrogen (secondary N) is 1. The van der Waals surface area contributed by atoms with Crippen LogP contribution in [0.5, 0.6) is 11.5 Å². The summed E-state index contributed by atoms with van der Waals surface area (Å²) in [6, 6.07) is 15.4. The van der Waals surface area contributed by atoms with Gasteiger partial charge in [0, 0.05) is 39.9 Å². The SMILES string of the molecule is COc1cccc(NC(=O)/C=C(\C)c2cc3c(-c4ccc(F)cc4)coc3c(C)c2OC)c1. The van der Waals surface area contributed by atoms with Gasteiger partial charge in [-0.15, -0.1) is 0 Å². The maximum atomic E-state index is 13.4. The highest BCUT2D eigenvalue weighted by Crippen LogP contribution is 2.40. The van der Waals surface area contributed by atoms with Gasteiger partial charge in [0.2, 0.25) is 5.91 Å². The minimum atomic E-state index is -0.300. The number of furan rings is 1. The van der Waals surface area contributed by atoms with Crippen LogP contribution in [-0.4, -0.2) is 20.1 Å². The topological polar surface area (TPSA) is 60.7 Å². The molecule has 6 heteroatoms. The summed E-state index contributed by atoms with van der Waals surface area (Å²) in [4.78, 5) is 12.7. The number of amides is 1. The highest BCUT2D eigenvalue weighted by atomic mass is 19.1. The van der Waals surface area contributed by atoms with Crippen molar-refractivity contribution in [2.45, 2.75) is 13.8 Å². The zero-order chi connectivity index (χ0) is 23.5. The molecule has 0 unspecified atom stereocenters. The first-order valence-corrected chi connectivity index (χ1v) is 10.4. The molecule has 0 saturated heterocycles. The molecule has 1 heterocycles. The summed E-state index contributed by atoms with van der Waals surface area (Å²) in [5.41, 5.74) is 5.31. The number of fused-ring (bicyclic) bond motifs is 1. The van der Waals surface area contributed by atoms with Crippen LogP contribution in [0.25, 0.3) is 27.7 Å². The molecule has 0 aliphatic heterocycles. The third-order valence-electron chi connectivity index (χ3n) is 5.51. The molecule has 4 rings (SSSR count). The predicted molar refractivity (Wildman–Crippen MR) is 128 cm³/mol. The van der Waals surface area contributed by atoms with Gasteiger partial charge in [0.1, 0.15) is 22.9 Å². The lowest BCUT2D eigenvalue weighted by atomic mass is 9.96. The quantitative estimate of drug-likeness (QED) is 0.339. The lowest BCUT2D eigenvalue weighted by molar-refractivity contribution is -0.111. The van der Waals surface area contributed by atoms with Crippen LogP contribution in [-0.2, 0) is 4.79 Å². The van der Waals surface area contributed by atoms with Gasteiger partial charge in [0.05, 0.1) is 20.5 Å². The standard InChI is InChI=1S/C27H24FNO4/c1-16(12-25(30)29-20-6-5-7-21(13-20)31-3)22-14-23-24(18-8-10-19(28)11-9-18)15-33-27(23)17(2)26(22)32-4/h5-15H,1-4H3,(H,29,30)/b16-12+. The van der Waals surface area contributed by atoms with Gasteiger partial charge in [-0.2, -0.15) is 0 Å². The summed E-state index contributed by atoms with van der Waals surface area (Å²) in [6.07, 6.45) is 3.18. The van der Waals surface area contributed by atoms with E-state index < -0.39 is 0 Å². The molecular formula is C27H24FNO4. The summed E-state index contributed by atoms with van der Waals surface area (Å²) in [5.74, 6) is 0.715. The van der Waals surface area contributed by atoms with E-state index in [1.54, 1.807) is 50.8 Å². The van der Waals surface area contributed by atoms with Crippen molar-refractivity contribution in [2.24, 2.45) is 0 Å². The number of methoxy groups -OCH3 is 2. The van der Waals surface area contributed by atoms with Crippen molar-refractivity contribution in [1.82, 2.24) is 0 Å². The van der Waals surface area contributed by atoms with Gasteiger partial charge >= 0.3 is 0 Å². The van der Waals surface area contributed by atoms with Gasteiger partial charge in [-0.3, -0.25) is 4.79 Å². The van der Waals surface area contributed by atoms with E-state index in [0.717, 1.165) is 33.2 Å². The second kappa shape index (κ2) is 9.20. The molecule has 33 heavy (non-hydrogen) atoms. The van der Waals surface area contributed by atoms with Gasteiger partial charge in [-0.05, 0) is 55.3 Å². The van der Waals surface area contributed by atoms with Crippen LogP contribution >= 0.6 is 0 Å². The van der Waals surface area contributed by atoms with Crippen LogP contribution in [0.2, 0.25) is 0 Å². The smallest absolute Gasteiger partial charge is 0.248 e. The highest BCUT2D eigenvalue weighted by molar-refractivity contribution is 6.06. The van der Waals surface area contributed by atoms with Crippen LogP contribution in [0.15, 0.2) is 71.4 Å². The third-order valence-corrected chi connectivity index (χ3v) is 5.51.